The lowest BCUT2D eigenvalue weighted by atomic mass is 10.0. The van der Waals surface area contributed by atoms with Crippen LogP contribution in [-0.2, 0) is 0 Å². The van der Waals surface area contributed by atoms with E-state index in [1.54, 1.807) is 6.92 Å². The standard InChI is InChI=1S/C17H24BrNO/c1-12(2)11-19(15-6-4-5-7-15)17-9-8-14(18)10-16(17)13(3)20/h8-10,12,15H,4-7,11H2,1-3H3. The first-order chi connectivity index (χ1) is 9.49. The zero-order valence-corrected chi connectivity index (χ0v) is 14.2. The molecule has 0 spiro atoms. The molecule has 20 heavy (non-hydrogen) atoms. The summed E-state index contributed by atoms with van der Waals surface area (Å²) in [5.41, 5.74) is 1.95. The van der Waals surface area contributed by atoms with Crippen molar-refractivity contribution in [2.45, 2.75) is 52.5 Å². The van der Waals surface area contributed by atoms with Gasteiger partial charge in [-0.15, -0.1) is 0 Å². The number of Topliss-reactive ketones (excluding diaryl/α,β-unsaturated/α-hetero) is 1. The third-order valence-corrected chi connectivity index (χ3v) is 4.47. The van der Waals surface area contributed by atoms with Crippen LogP contribution in [0.15, 0.2) is 22.7 Å². The van der Waals surface area contributed by atoms with Crippen molar-refractivity contribution in [3.05, 3.63) is 28.2 Å². The summed E-state index contributed by atoms with van der Waals surface area (Å²) in [5, 5.41) is 0. The topological polar surface area (TPSA) is 20.3 Å². The summed E-state index contributed by atoms with van der Waals surface area (Å²) < 4.78 is 0.974. The van der Waals surface area contributed by atoms with E-state index in [0.717, 1.165) is 22.3 Å². The van der Waals surface area contributed by atoms with E-state index < -0.39 is 0 Å². The molecule has 0 unspecified atom stereocenters. The van der Waals surface area contributed by atoms with Gasteiger partial charge in [0.25, 0.3) is 0 Å². The summed E-state index contributed by atoms with van der Waals surface area (Å²) in [6, 6.07) is 6.70. The van der Waals surface area contributed by atoms with Crippen LogP contribution in [0.4, 0.5) is 5.69 Å². The second kappa shape index (κ2) is 6.75. The number of hydrogen-bond acceptors (Lipinski definition) is 2. The Morgan fingerprint density at radius 3 is 2.55 bits per heavy atom. The minimum atomic E-state index is 0.146. The third-order valence-electron chi connectivity index (χ3n) is 3.97. The summed E-state index contributed by atoms with van der Waals surface area (Å²) in [6.45, 7) is 7.17. The van der Waals surface area contributed by atoms with Crippen LogP contribution >= 0.6 is 15.9 Å². The van der Waals surface area contributed by atoms with Crippen LogP contribution in [0, 0.1) is 5.92 Å². The summed E-state index contributed by atoms with van der Waals surface area (Å²) in [6.07, 6.45) is 5.12. The van der Waals surface area contributed by atoms with E-state index in [4.69, 9.17) is 0 Å². The number of ketones is 1. The van der Waals surface area contributed by atoms with E-state index in [1.165, 1.54) is 25.7 Å². The highest BCUT2D eigenvalue weighted by Gasteiger charge is 2.26. The highest BCUT2D eigenvalue weighted by atomic mass is 79.9. The average Bonchev–Trinajstić information content (AvgIpc) is 2.89. The number of anilines is 1. The van der Waals surface area contributed by atoms with E-state index in [1.807, 2.05) is 12.1 Å². The van der Waals surface area contributed by atoms with Gasteiger partial charge in [-0.1, -0.05) is 42.6 Å². The fourth-order valence-corrected chi connectivity index (χ4v) is 3.46. The Balaban J connectivity index is 2.39. The number of carbonyl (C=O) groups is 1. The Morgan fingerprint density at radius 2 is 2.00 bits per heavy atom. The number of halogens is 1. The lowest BCUT2D eigenvalue weighted by Crippen LogP contribution is -2.37. The maximum Gasteiger partial charge on any atom is 0.161 e. The number of carbonyl (C=O) groups excluding carboxylic acids is 1. The van der Waals surface area contributed by atoms with E-state index in [2.05, 4.69) is 40.7 Å². The second-order valence-corrected chi connectivity index (χ2v) is 7.12. The van der Waals surface area contributed by atoms with Crippen molar-refractivity contribution in [2.24, 2.45) is 5.92 Å². The Labute approximate surface area is 130 Å². The van der Waals surface area contributed by atoms with Gasteiger partial charge in [0, 0.05) is 28.3 Å². The molecule has 3 heteroatoms. The summed E-state index contributed by atoms with van der Waals surface area (Å²) >= 11 is 3.48. The van der Waals surface area contributed by atoms with Crippen molar-refractivity contribution in [3.8, 4) is 0 Å². The molecular weight excluding hydrogens is 314 g/mol. The van der Waals surface area contributed by atoms with Gasteiger partial charge in [-0.3, -0.25) is 4.79 Å². The smallest absolute Gasteiger partial charge is 0.161 e. The molecule has 0 aliphatic heterocycles. The highest BCUT2D eigenvalue weighted by molar-refractivity contribution is 9.10. The SMILES string of the molecule is CC(=O)c1cc(Br)ccc1N(CC(C)C)C1CCCC1. The van der Waals surface area contributed by atoms with Gasteiger partial charge in [0.2, 0.25) is 0 Å². The molecule has 0 aromatic heterocycles. The third kappa shape index (κ3) is 3.63. The monoisotopic (exact) mass is 337 g/mol. The molecular formula is C17H24BrNO. The van der Waals surface area contributed by atoms with Crippen molar-refractivity contribution in [2.75, 3.05) is 11.4 Å². The van der Waals surface area contributed by atoms with E-state index in [-0.39, 0.29) is 5.78 Å². The predicted molar refractivity (Wildman–Crippen MR) is 88.6 cm³/mol. The molecule has 0 amide bonds. The van der Waals surface area contributed by atoms with Crippen LogP contribution in [0.5, 0.6) is 0 Å². The van der Waals surface area contributed by atoms with Gasteiger partial charge in [0.1, 0.15) is 0 Å². The maximum atomic E-state index is 12.0. The van der Waals surface area contributed by atoms with Crippen molar-refractivity contribution < 1.29 is 4.79 Å². The van der Waals surface area contributed by atoms with E-state index >= 15 is 0 Å². The summed E-state index contributed by atoms with van der Waals surface area (Å²) in [4.78, 5) is 14.4. The summed E-state index contributed by atoms with van der Waals surface area (Å²) in [5.74, 6) is 0.743. The Bertz CT molecular complexity index is 478. The number of nitrogens with zero attached hydrogens (tertiary/aromatic N) is 1. The first-order valence-corrected chi connectivity index (χ1v) is 8.35. The zero-order chi connectivity index (χ0) is 14.7. The first-order valence-electron chi connectivity index (χ1n) is 7.56. The molecule has 0 heterocycles. The molecule has 0 N–H and O–H groups in total. The second-order valence-electron chi connectivity index (χ2n) is 6.20. The highest BCUT2D eigenvalue weighted by Crippen LogP contribution is 2.32. The molecule has 1 fully saturated rings. The van der Waals surface area contributed by atoms with Gasteiger partial charge in [0.15, 0.2) is 5.78 Å². The molecule has 2 nitrogen and oxygen atoms in total. The van der Waals surface area contributed by atoms with E-state index in [9.17, 15) is 4.79 Å². The molecule has 0 saturated heterocycles. The van der Waals surface area contributed by atoms with Crippen LogP contribution in [0.25, 0.3) is 0 Å². The van der Waals surface area contributed by atoms with Crippen LogP contribution in [0.3, 0.4) is 0 Å². The van der Waals surface area contributed by atoms with Crippen LogP contribution in [0.2, 0.25) is 0 Å². The van der Waals surface area contributed by atoms with Crippen LogP contribution in [0.1, 0.15) is 56.8 Å². The van der Waals surface area contributed by atoms with Crippen molar-refractivity contribution >= 4 is 27.4 Å². The van der Waals surface area contributed by atoms with Gasteiger partial charge < -0.3 is 4.90 Å². The van der Waals surface area contributed by atoms with Crippen molar-refractivity contribution in [1.82, 2.24) is 0 Å². The number of benzene rings is 1. The largest absolute Gasteiger partial charge is 0.368 e. The van der Waals surface area contributed by atoms with Gasteiger partial charge in [0.05, 0.1) is 0 Å². The number of rotatable bonds is 5. The molecule has 0 radical (unpaired) electrons. The minimum Gasteiger partial charge on any atom is -0.368 e. The molecule has 1 saturated carbocycles. The average molecular weight is 338 g/mol. The van der Waals surface area contributed by atoms with Crippen molar-refractivity contribution in [3.63, 3.8) is 0 Å². The fraction of sp³-hybridized carbons (Fsp3) is 0.588. The Hall–Kier alpha value is -0.830. The van der Waals surface area contributed by atoms with Gasteiger partial charge >= 0.3 is 0 Å². The fourth-order valence-electron chi connectivity index (χ4n) is 3.09. The molecule has 110 valence electrons. The Kier molecular flexibility index (Phi) is 5.25. The van der Waals surface area contributed by atoms with Gasteiger partial charge in [-0.2, -0.15) is 0 Å². The summed E-state index contributed by atoms with van der Waals surface area (Å²) in [7, 11) is 0. The molecule has 1 aliphatic rings. The molecule has 1 aromatic carbocycles. The van der Waals surface area contributed by atoms with E-state index in [0.29, 0.717) is 12.0 Å². The van der Waals surface area contributed by atoms with Gasteiger partial charge in [-0.05, 0) is 43.9 Å². The molecule has 1 aromatic rings. The normalized spacial score (nSPS) is 15.8. The molecule has 1 aliphatic carbocycles. The lowest BCUT2D eigenvalue weighted by Gasteiger charge is -2.34. The van der Waals surface area contributed by atoms with Crippen LogP contribution < -0.4 is 4.90 Å². The van der Waals surface area contributed by atoms with Gasteiger partial charge in [-0.25, -0.2) is 0 Å². The Morgan fingerprint density at radius 1 is 1.35 bits per heavy atom. The lowest BCUT2D eigenvalue weighted by molar-refractivity contribution is 0.101. The maximum absolute atomic E-state index is 12.0. The quantitative estimate of drug-likeness (QED) is 0.700. The first kappa shape index (κ1) is 15.6. The minimum absolute atomic E-state index is 0.146. The van der Waals surface area contributed by atoms with Crippen LogP contribution in [-0.4, -0.2) is 18.4 Å². The number of hydrogen-bond donors (Lipinski definition) is 0. The molecule has 2 rings (SSSR count). The van der Waals surface area contributed by atoms with Crippen molar-refractivity contribution in [1.29, 1.82) is 0 Å². The molecule has 0 bridgehead atoms. The molecule has 0 atom stereocenters. The zero-order valence-electron chi connectivity index (χ0n) is 12.7. The predicted octanol–water partition coefficient (Wildman–Crippen LogP) is 5.06.